The normalized spacial score (nSPS) is 29.1. The number of hydrogen-bond donors (Lipinski definition) is 0. The summed E-state index contributed by atoms with van der Waals surface area (Å²) in [6.07, 6.45) is 4.70. The maximum atomic E-state index is 12.7. The van der Waals surface area contributed by atoms with Gasteiger partial charge in [-0.2, -0.15) is 5.26 Å². The number of hydrogen-bond acceptors (Lipinski definition) is 2. The summed E-state index contributed by atoms with van der Waals surface area (Å²) in [6, 6.07) is 8.22. The fraction of sp³-hybridized carbons (Fsp3) is 0.556. The predicted molar refractivity (Wildman–Crippen MR) is 78.2 cm³/mol. The smallest absolute Gasteiger partial charge is 0.157 e. The fourth-order valence-electron chi connectivity index (χ4n) is 4.05. The van der Waals surface area contributed by atoms with E-state index < -0.39 is 5.92 Å². The number of ketones is 1. The van der Waals surface area contributed by atoms with Crippen molar-refractivity contribution >= 4 is 5.78 Å². The molecule has 2 fully saturated rings. The molecule has 0 spiro atoms. The van der Waals surface area contributed by atoms with Gasteiger partial charge in [0.05, 0.1) is 6.07 Å². The van der Waals surface area contributed by atoms with Gasteiger partial charge in [-0.15, -0.1) is 0 Å². The molecule has 0 aromatic heterocycles. The van der Waals surface area contributed by atoms with Crippen LogP contribution in [0.3, 0.4) is 0 Å². The zero-order chi connectivity index (χ0) is 14.3. The topological polar surface area (TPSA) is 40.9 Å². The van der Waals surface area contributed by atoms with Gasteiger partial charge in [-0.1, -0.05) is 24.6 Å². The van der Waals surface area contributed by atoms with Gasteiger partial charge in [-0.25, -0.2) is 0 Å². The maximum Gasteiger partial charge on any atom is 0.157 e. The number of nitrogens with zero attached hydrogens (tertiary/aromatic N) is 1. The number of carbonyl (C=O) groups excluding carboxylic acids is 1. The van der Waals surface area contributed by atoms with Crippen molar-refractivity contribution in [3.63, 3.8) is 0 Å². The molecule has 104 valence electrons. The Morgan fingerprint density at radius 2 is 2.05 bits per heavy atom. The molecule has 20 heavy (non-hydrogen) atoms. The van der Waals surface area contributed by atoms with E-state index in [1.165, 1.54) is 24.8 Å². The van der Waals surface area contributed by atoms with Gasteiger partial charge in [0.25, 0.3) is 0 Å². The number of rotatable bonds is 3. The van der Waals surface area contributed by atoms with Crippen LogP contribution in [0.4, 0.5) is 0 Å². The summed E-state index contributed by atoms with van der Waals surface area (Å²) in [7, 11) is 0. The third kappa shape index (κ3) is 2.16. The molecule has 2 aliphatic rings. The minimum atomic E-state index is -0.571. The van der Waals surface area contributed by atoms with Crippen LogP contribution in [0, 0.1) is 42.9 Å². The lowest BCUT2D eigenvalue weighted by Gasteiger charge is -2.22. The van der Waals surface area contributed by atoms with E-state index in [0.717, 1.165) is 23.5 Å². The first-order valence-corrected chi connectivity index (χ1v) is 7.60. The highest BCUT2D eigenvalue weighted by atomic mass is 16.1. The average molecular weight is 267 g/mol. The van der Waals surface area contributed by atoms with E-state index >= 15 is 0 Å². The van der Waals surface area contributed by atoms with Crippen molar-refractivity contribution in [2.45, 2.75) is 45.4 Å². The van der Waals surface area contributed by atoms with E-state index in [-0.39, 0.29) is 11.7 Å². The van der Waals surface area contributed by atoms with Crippen LogP contribution in [-0.4, -0.2) is 5.78 Å². The molecule has 4 atom stereocenters. The first-order valence-electron chi connectivity index (χ1n) is 7.60. The molecule has 4 unspecified atom stereocenters. The van der Waals surface area contributed by atoms with E-state index in [4.69, 9.17) is 0 Å². The van der Waals surface area contributed by atoms with Crippen molar-refractivity contribution in [2.24, 2.45) is 17.8 Å². The molecule has 2 heteroatoms. The van der Waals surface area contributed by atoms with Crippen LogP contribution < -0.4 is 0 Å². The number of nitriles is 1. The first-order chi connectivity index (χ1) is 9.60. The summed E-state index contributed by atoms with van der Waals surface area (Å²) < 4.78 is 0. The summed E-state index contributed by atoms with van der Waals surface area (Å²) >= 11 is 0. The molecule has 1 aromatic rings. The van der Waals surface area contributed by atoms with Crippen molar-refractivity contribution in [1.29, 1.82) is 5.26 Å². The van der Waals surface area contributed by atoms with Gasteiger partial charge in [0.15, 0.2) is 5.78 Å². The van der Waals surface area contributed by atoms with Crippen LogP contribution in [0.5, 0.6) is 0 Å². The number of benzene rings is 1. The minimum absolute atomic E-state index is 0.139. The van der Waals surface area contributed by atoms with E-state index in [1.807, 2.05) is 25.1 Å². The van der Waals surface area contributed by atoms with Crippen LogP contribution in [0.2, 0.25) is 0 Å². The molecule has 2 aliphatic carbocycles. The van der Waals surface area contributed by atoms with E-state index in [2.05, 4.69) is 13.0 Å². The number of fused-ring (bicyclic) bond motifs is 2. The van der Waals surface area contributed by atoms with Gasteiger partial charge < -0.3 is 0 Å². The van der Waals surface area contributed by atoms with E-state index in [9.17, 15) is 10.1 Å². The highest BCUT2D eigenvalue weighted by molar-refractivity contribution is 5.91. The first kappa shape index (κ1) is 13.4. The van der Waals surface area contributed by atoms with Crippen molar-refractivity contribution in [1.82, 2.24) is 0 Å². The monoisotopic (exact) mass is 267 g/mol. The van der Waals surface area contributed by atoms with Gasteiger partial charge in [0, 0.05) is 5.92 Å². The highest BCUT2D eigenvalue weighted by Gasteiger charge is 2.44. The Balaban J connectivity index is 1.84. The maximum absolute atomic E-state index is 12.7. The van der Waals surface area contributed by atoms with Crippen molar-refractivity contribution < 1.29 is 4.79 Å². The molecule has 1 aromatic carbocycles. The minimum Gasteiger partial charge on any atom is -0.298 e. The predicted octanol–water partition coefficient (Wildman–Crippen LogP) is 3.92. The second-order valence-corrected chi connectivity index (χ2v) is 6.59. The number of carbonyl (C=O) groups is 1. The molecule has 0 radical (unpaired) electrons. The molecular formula is C18H21NO. The molecule has 0 aliphatic heterocycles. The quantitative estimate of drug-likeness (QED) is 0.833. The Labute approximate surface area is 120 Å². The Morgan fingerprint density at radius 3 is 2.60 bits per heavy atom. The standard InChI is InChI=1S/C18H21NO/c1-11-3-5-14(7-12(11)2)17(10-19)18(20)16-9-13-4-6-15(16)8-13/h3,5,7,13,15-17H,4,6,8-9H2,1-2H3. The molecule has 2 bridgehead atoms. The molecule has 3 rings (SSSR count). The Kier molecular flexibility index (Phi) is 3.38. The lowest BCUT2D eigenvalue weighted by molar-refractivity contribution is -0.124. The lowest BCUT2D eigenvalue weighted by atomic mass is 9.79. The SMILES string of the molecule is Cc1ccc(C(C#N)C(=O)C2CC3CCC2C3)cc1C. The van der Waals surface area contributed by atoms with Crippen molar-refractivity contribution in [3.05, 3.63) is 34.9 Å². The van der Waals surface area contributed by atoms with Crippen LogP contribution in [0.25, 0.3) is 0 Å². The van der Waals surface area contributed by atoms with Gasteiger partial charge in [0.2, 0.25) is 0 Å². The molecule has 0 amide bonds. The second-order valence-electron chi connectivity index (χ2n) is 6.59. The highest BCUT2D eigenvalue weighted by Crippen LogP contribution is 2.49. The number of Topliss-reactive ketones (excluding diaryl/α,β-unsaturated/α-hetero) is 1. The van der Waals surface area contributed by atoms with Crippen LogP contribution in [0.1, 0.15) is 48.3 Å². The number of aryl methyl sites for hydroxylation is 2. The molecule has 2 saturated carbocycles. The largest absolute Gasteiger partial charge is 0.298 e. The van der Waals surface area contributed by atoms with Gasteiger partial charge in [0.1, 0.15) is 5.92 Å². The summed E-state index contributed by atoms with van der Waals surface area (Å²) in [4.78, 5) is 12.7. The molecule has 2 nitrogen and oxygen atoms in total. The summed E-state index contributed by atoms with van der Waals surface area (Å²) in [5.74, 6) is 1.03. The Bertz CT molecular complexity index is 584. The van der Waals surface area contributed by atoms with E-state index in [0.29, 0.717) is 5.92 Å². The van der Waals surface area contributed by atoms with Gasteiger partial charge >= 0.3 is 0 Å². The zero-order valence-electron chi connectivity index (χ0n) is 12.2. The van der Waals surface area contributed by atoms with Gasteiger partial charge in [-0.05, 0) is 61.6 Å². The summed E-state index contributed by atoms with van der Waals surface area (Å²) in [5.41, 5.74) is 3.24. The molecule has 0 heterocycles. The van der Waals surface area contributed by atoms with Crippen LogP contribution in [-0.2, 0) is 4.79 Å². The Morgan fingerprint density at radius 1 is 1.25 bits per heavy atom. The van der Waals surface area contributed by atoms with Crippen molar-refractivity contribution in [2.75, 3.05) is 0 Å². The molecule has 0 N–H and O–H groups in total. The lowest BCUT2D eigenvalue weighted by Crippen LogP contribution is -2.26. The van der Waals surface area contributed by atoms with Crippen LogP contribution >= 0.6 is 0 Å². The summed E-state index contributed by atoms with van der Waals surface area (Å²) in [5, 5.41) is 9.47. The Hall–Kier alpha value is -1.62. The van der Waals surface area contributed by atoms with Gasteiger partial charge in [-0.3, -0.25) is 4.79 Å². The molecular weight excluding hydrogens is 246 g/mol. The third-order valence-corrected chi connectivity index (χ3v) is 5.38. The van der Waals surface area contributed by atoms with Crippen LogP contribution in [0.15, 0.2) is 18.2 Å². The molecule has 0 saturated heterocycles. The second kappa shape index (κ2) is 5.05. The third-order valence-electron chi connectivity index (χ3n) is 5.38. The fourth-order valence-corrected chi connectivity index (χ4v) is 4.05. The zero-order valence-corrected chi connectivity index (χ0v) is 12.2. The average Bonchev–Trinajstić information content (AvgIpc) is 3.06. The van der Waals surface area contributed by atoms with Crippen molar-refractivity contribution in [3.8, 4) is 6.07 Å². The van der Waals surface area contributed by atoms with E-state index in [1.54, 1.807) is 0 Å². The summed E-state index contributed by atoms with van der Waals surface area (Å²) in [6.45, 7) is 4.09.